The van der Waals surface area contributed by atoms with Gasteiger partial charge in [0.05, 0.1) is 12.0 Å². The maximum atomic E-state index is 11.7. The van der Waals surface area contributed by atoms with Gasteiger partial charge >= 0.3 is 5.97 Å². The summed E-state index contributed by atoms with van der Waals surface area (Å²) in [6.45, 7) is 7.41. The van der Waals surface area contributed by atoms with Gasteiger partial charge < -0.3 is 9.84 Å². The molecule has 2 N–H and O–H groups in total. The minimum absolute atomic E-state index is 0.276. The molecule has 0 bridgehead atoms. The zero-order valence-electron chi connectivity index (χ0n) is 11.7. The van der Waals surface area contributed by atoms with Crippen molar-refractivity contribution in [3.05, 3.63) is 35.5 Å². The minimum Gasteiger partial charge on any atom is -0.454 e. The molecule has 2 rings (SSSR count). The van der Waals surface area contributed by atoms with Crippen molar-refractivity contribution < 1.29 is 24.8 Å². The van der Waals surface area contributed by atoms with Crippen LogP contribution in [-0.2, 0) is 14.4 Å². The van der Waals surface area contributed by atoms with E-state index >= 15 is 0 Å². The molecule has 0 aromatic carbocycles. The molecular formula is C15H20O5. The summed E-state index contributed by atoms with van der Waals surface area (Å²) in [4.78, 5) is 16.1. The van der Waals surface area contributed by atoms with Gasteiger partial charge in [0.25, 0.3) is 0 Å². The number of carbonyl (C=O) groups excluding carboxylic acids is 1. The minimum atomic E-state index is -0.811. The molecule has 0 radical (unpaired) electrons. The van der Waals surface area contributed by atoms with Crippen LogP contribution in [0.2, 0.25) is 0 Å². The van der Waals surface area contributed by atoms with E-state index in [4.69, 9.17) is 9.99 Å². The third kappa shape index (κ3) is 2.85. The van der Waals surface area contributed by atoms with Gasteiger partial charge in [0, 0.05) is 5.57 Å². The summed E-state index contributed by atoms with van der Waals surface area (Å²) in [5.41, 5.74) is 2.02. The van der Waals surface area contributed by atoms with E-state index in [1.165, 1.54) is 0 Å². The van der Waals surface area contributed by atoms with Crippen molar-refractivity contribution in [2.24, 2.45) is 5.92 Å². The first-order valence-corrected chi connectivity index (χ1v) is 6.67. The number of esters is 1. The molecule has 1 saturated heterocycles. The molecule has 2 aliphatic rings. The molecule has 5 nitrogen and oxygen atoms in total. The van der Waals surface area contributed by atoms with Crippen molar-refractivity contribution in [2.75, 3.05) is 0 Å². The molecule has 5 heteroatoms. The highest BCUT2D eigenvalue weighted by atomic mass is 17.1. The average molecular weight is 280 g/mol. The van der Waals surface area contributed by atoms with Crippen LogP contribution < -0.4 is 0 Å². The fraction of sp³-hybridized carbons (Fsp3) is 0.533. The summed E-state index contributed by atoms with van der Waals surface area (Å²) >= 11 is 0. The highest BCUT2D eigenvalue weighted by Crippen LogP contribution is 2.33. The van der Waals surface area contributed by atoms with Gasteiger partial charge in [-0.3, -0.25) is 5.26 Å². The molecule has 0 aromatic heterocycles. The first-order chi connectivity index (χ1) is 9.43. The van der Waals surface area contributed by atoms with E-state index in [0.717, 1.165) is 11.1 Å². The van der Waals surface area contributed by atoms with Crippen LogP contribution in [0.5, 0.6) is 0 Å². The number of rotatable bonds is 1. The third-order valence-corrected chi connectivity index (χ3v) is 3.95. The Hall–Kier alpha value is -1.43. The van der Waals surface area contributed by atoms with Crippen molar-refractivity contribution in [3.8, 4) is 0 Å². The fourth-order valence-corrected chi connectivity index (χ4v) is 2.71. The van der Waals surface area contributed by atoms with Crippen LogP contribution in [0.15, 0.2) is 35.5 Å². The zero-order valence-corrected chi connectivity index (χ0v) is 11.7. The van der Waals surface area contributed by atoms with E-state index in [9.17, 15) is 9.90 Å². The van der Waals surface area contributed by atoms with Crippen molar-refractivity contribution in [1.29, 1.82) is 0 Å². The van der Waals surface area contributed by atoms with Gasteiger partial charge in [0.15, 0.2) is 0 Å². The van der Waals surface area contributed by atoms with Crippen molar-refractivity contribution in [3.63, 3.8) is 0 Å². The lowest BCUT2D eigenvalue weighted by Gasteiger charge is -2.23. The standard InChI is InChI=1S/C15H20O5/c1-8-4-5-12(20-18)9(2)7-13-14(11(16)6-8)10(3)15(17)19-13/h6-7,11-14,16,18H,3-5H2,1-2H3/b8-6+,9-7+/t11-,12+,13+,14+/m1/s1. The first-order valence-electron chi connectivity index (χ1n) is 6.67. The van der Waals surface area contributed by atoms with Gasteiger partial charge in [-0.15, -0.1) is 0 Å². The molecule has 20 heavy (non-hydrogen) atoms. The number of carbonyl (C=O) groups is 1. The van der Waals surface area contributed by atoms with Crippen molar-refractivity contribution in [2.45, 2.75) is 45.0 Å². The Labute approximate surface area is 118 Å². The molecule has 1 aliphatic heterocycles. The summed E-state index contributed by atoms with van der Waals surface area (Å²) in [5.74, 6) is -0.986. The largest absolute Gasteiger partial charge is 0.454 e. The number of allylic oxidation sites excluding steroid dienone is 1. The molecule has 1 heterocycles. The topological polar surface area (TPSA) is 76.0 Å². The second-order valence-electron chi connectivity index (χ2n) is 5.47. The summed E-state index contributed by atoms with van der Waals surface area (Å²) in [7, 11) is 0. The summed E-state index contributed by atoms with van der Waals surface area (Å²) in [6, 6.07) is 0. The molecule has 110 valence electrons. The second kappa shape index (κ2) is 5.91. The summed E-state index contributed by atoms with van der Waals surface area (Å²) in [5, 5.41) is 19.3. The third-order valence-electron chi connectivity index (χ3n) is 3.95. The predicted octanol–water partition coefficient (Wildman–Crippen LogP) is 1.99. The number of hydrogen-bond donors (Lipinski definition) is 2. The number of aliphatic hydroxyl groups is 1. The van der Waals surface area contributed by atoms with E-state index in [0.29, 0.717) is 12.8 Å². The van der Waals surface area contributed by atoms with Gasteiger partial charge in [-0.05, 0) is 38.3 Å². The number of hydrogen-bond acceptors (Lipinski definition) is 5. The van der Waals surface area contributed by atoms with Crippen molar-refractivity contribution in [1.82, 2.24) is 0 Å². The zero-order chi connectivity index (χ0) is 14.9. The molecule has 0 saturated carbocycles. The molecule has 1 fully saturated rings. The lowest BCUT2D eigenvalue weighted by molar-refractivity contribution is -0.269. The number of ether oxygens (including phenoxy) is 1. The highest BCUT2D eigenvalue weighted by molar-refractivity contribution is 5.91. The van der Waals surface area contributed by atoms with Crippen LogP contribution in [-0.4, -0.2) is 34.6 Å². The number of aliphatic hydroxyl groups excluding tert-OH is 1. The highest BCUT2D eigenvalue weighted by Gasteiger charge is 2.41. The monoisotopic (exact) mass is 280 g/mol. The maximum absolute atomic E-state index is 11.7. The van der Waals surface area contributed by atoms with Crippen LogP contribution in [0.3, 0.4) is 0 Å². The van der Waals surface area contributed by atoms with Gasteiger partial charge in [-0.1, -0.05) is 18.2 Å². The van der Waals surface area contributed by atoms with E-state index in [1.807, 2.05) is 6.92 Å². The van der Waals surface area contributed by atoms with Crippen LogP contribution in [0.25, 0.3) is 0 Å². The molecule has 0 amide bonds. The lowest BCUT2D eigenvalue weighted by atomic mass is 9.86. The van der Waals surface area contributed by atoms with Gasteiger partial charge in [-0.2, -0.15) is 0 Å². The Kier molecular flexibility index (Phi) is 4.42. The molecule has 0 spiro atoms. The smallest absolute Gasteiger partial charge is 0.334 e. The second-order valence-corrected chi connectivity index (χ2v) is 5.47. The van der Waals surface area contributed by atoms with Crippen LogP contribution in [0.1, 0.15) is 26.7 Å². The normalized spacial score (nSPS) is 40.2. The summed E-state index contributed by atoms with van der Waals surface area (Å²) in [6.07, 6.45) is 2.89. The number of fused-ring (bicyclic) bond motifs is 1. The molecule has 0 unspecified atom stereocenters. The molecule has 1 aliphatic carbocycles. The Morgan fingerprint density at radius 3 is 2.75 bits per heavy atom. The molecular weight excluding hydrogens is 260 g/mol. The van der Waals surface area contributed by atoms with E-state index in [2.05, 4.69) is 11.5 Å². The Balaban J connectivity index is 2.39. The van der Waals surface area contributed by atoms with Crippen LogP contribution in [0, 0.1) is 5.92 Å². The molecule has 0 aromatic rings. The lowest BCUT2D eigenvalue weighted by Crippen LogP contribution is -2.28. The molecule has 4 atom stereocenters. The predicted molar refractivity (Wildman–Crippen MR) is 72.8 cm³/mol. The van der Waals surface area contributed by atoms with Gasteiger partial charge in [0.2, 0.25) is 0 Å². The maximum Gasteiger partial charge on any atom is 0.334 e. The average Bonchev–Trinajstić information content (AvgIpc) is 2.64. The Bertz CT molecular complexity index is 477. The van der Waals surface area contributed by atoms with E-state index < -0.39 is 30.2 Å². The van der Waals surface area contributed by atoms with Crippen LogP contribution in [0.4, 0.5) is 0 Å². The van der Waals surface area contributed by atoms with Gasteiger partial charge in [-0.25, -0.2) is 9.68 Å². The van der Waals surface area contributed by atoms with Crippen molar-refractivity contribution >= 4 is 5.97 Å². The summed E-state index contributed by atoms with van der Waals surface area (Å²) < 4.78 is 5.24. The Morgan fingerprint density at radius 2 is 2.10 bits per heavy atom. The van der Waals surface area contributed by atoms with Gasteiger partial charge in [0.1, 0.15) is 12.2 Å². The van der Waals surface area contributed by atoms with Crippen LogP contribution >= 0.6 is 0 Å². The SMILES string of the molecule is C=C1C(=O)O[C@H]2/C=C(\C)[C@@H](OO)CC/C(C)=C/[C@@H](O)[C@H]12. The fourth-order valence-electron chi connectivity index (χ4n) is 2.71. The van der Waals surface area contributed by atoms with E-state index in [-0.39, 0.29) is 5.57 Å². The quantitative estimate of drug-likeness (QED) is 0.252. The van der Waals surface area contributed by atoms with E-state index in [1.54, 1.807) is 19.1 Å². The first kappa shape index (κ1) is 15.0. The Morgan fingerprint density at radius 1 is 1.40 bits per heavy atom.